The Kier molecular flexibility index (Phi) is 6.87. The van der Waals surface area contributed by atoms with Gasteiger partial charge in [-0.3, -0.25) is 4.79 Å². The van der Waals surface area contributed by atoms with Gasteiger partial charge in [0, 0.05) is 32.6 Å². The maximum Gasteiger partial charge on any atom is 0.246 e. The van der Waals surface area contributed by atoms with Gasteiger partial charge in [0.1, 0.15) is 16.5 Å². The summed E-state index contributed by atoms with van der Waals surface area (Å²) in [5, 5.41) is 0. The molecule has 0 atom stereocenters. The van der Waals surface area contributed by atoms with Gasteiger partial charge in [0.25, 0.3) is 0 Å². The van der Waals surface area contributed by atoms with Crippen LogP contribution < -0.4 is 4.74 Å². The van der Waals surface area contributed by atoms with Gasteiger partial charge in [-0.05, 0) is 43.2 Å². The van der Waals surface area contributed by atoms with Crippen molar-refractivity contribution < 1.29 is 22.3 Å². The van der Waals surface area contributed by atoms with Crippen LogP contribution in [0.15, 0.2) is 53.4 Å². The summed E-state index contributed by atoms with van der Waals surface area (Å²) < 4.78 is 46.0. The normalized spacial score (nSPS) is 15.3. The van der Waals surface area contributed by atoms with Crippen LogP contribution in [0.1, 0.15) is 18.4 Å². The number of rotatable bonds is 7. The molecule has 1 aliphatic rings. The molecule has 0 aromatic heterocycles. The summed E-state index contributed by atoms with van der Waals surface area (Å²) in [6.45, 7) is 3.33. The van der Waals surface area contributed by atoms with Crippen LogP contribution >= 0.6 is 0 Å². The van der Waals surface area contributed by atoms with Crippen molar-refractivity contribution in [1.29, 1.82) is 0 Å². The molecular weight excluding hydrogens is 395 g/mol. The molecule has 29 heavy (non-hydrogen) atoms. The van der Waals surface area contributed by atoms with E-state index in [4.69, 9.17) is 4.74 Å². The van der Waals surface area contributed by atoms with Crippen LogP contribution in [-0.4, -0.2) is 56.3 Å². The summed E-state index contributed by atoms with van der Waals surface area (Å²) in [5.41, 5.74) is 1.11. The second-order valence-electron chi connectivity index (χ2n) is 6.98. The van der Waals surface area contributed by atoms with E-state index in [9.17, 15) is 17.6 Å². The standard InChI is InChI=1S/C21H25FN2O4S/c1-17-6-4-7-18(16-17)28-15-5-10-21(25)23-11-13-24(14-12-23)29(26,27)20-9-3-2-8-19(20)22/h2-4,6-9,16H,5,10-15H2,1H3. The van der Waals surface area contributed by atoms with E-state index in [0.717, 1.165) is 17.4 Å². The number of carbonyl (C=O) groups is 1. The van der Waals surface area contributed by atoms with E-state index in [0.29, 0.717) is 32.5 Å². The molecule has 6 nitrogen and oxygen atoms in total. The van der Waals surface area contributed by atoms with Crippen molar-refractivity contribution in [2.24, 2.45) is 0 Å². The third-order valence-electron chi connectivity index (χ3n) is 4.84. The van der Waals surface area contributed by atoms with E-state index in [2.05, 4.69) is 0 Å². The van der Waals surface area contributed by atoms with Gasteiger partial charge in [-0.1, -0.05) is 24.3 Å². The molecule has 2 aromatic carbocycles. The third kappa shape index (κ3) is 5.33. The Labute approximate surface area is 170 Å². The van der Waals surface area contributed by atoms with E-state index in [1.807, 2.05) is 31.2 Å². The Hall–Kier alpha value is -2.45. The molecule has 0 radical (unpaired) electrons. The molecule has 3 rings (SSSR count). The lowest BCUT2D eigenvalue weighted by molar-refractivity contribution is -0.132. The average Bonchev–Trinajstić information content (AvgIpc) is 2.71. The first kappa shape index (κ1) is 21.3. The molecule has 1 fully saturated rings. The van der Waals surface area contributed by atoms with Crippen LogP contribution in [0.4, 0.5) is 4.39 Å². The Bertz CT molecular complexity index is 957. The predicted molar refractivity (Wildman–Crippen MR) is 108 cm³/mol. The highest BCUT2D eigenvalue weighted by Crippen LogP contribution is 2.20. The number of amides is 1. The van der Waals surface area contributed by atoms with E-state index < -0.39 is 15.8 Å². The van der Waals surface area contributed by atoms with Crippen LogP contribution in [0.3, 0.4) is 0 Å². The van der Waals surface area contributed by atoms with Gasteiger partial charge in [-0.2, -0.15) is 4.31 Å². The number of hydrogen-bond donors (Lipinski definition) is 0. The zero-order valence-electron chi connectivity index (χ0n) is 16.4. The Morgan fingerprint density at radius 2 is 1.79 bits per heavy atom. The lowest BCUT2D eigenvalue weighted by Crippen LogP contribution is -2.50. The fraction of sp³-hybridized carbons (Fsp3) is 0.381. The monoisotopic (exact) mass is 420 g/mol. The van der Waals surface area contributed by atoms with Crippen molar-refractivity contribution in [1.82, 2.24) is 9.21 Å². The molecule has 0 N–H and O–H groups in total. The van der Waals surface area contributed by atoms with E-state index >= 15 is 0 Å². The van der Waals surface area contributed by atoms with E-state index in [1.54, 1.807) is 4.90 Å². The molecule has 0 aliphatic carbocycles. The molecule has 0 spiro atoms. The van der Waals surface area contributed by atoms with Gasteiger partial charge in [-0.15, -0.1) is 0 Å². The van der Waals surface area contributed by atoms with Crippen molar-refractivity contribution in [3.8, 4) is 5.75 Å². The van der Waals surface area contributed by atoms with Crippen molar-refractivity contribution >= 4 is 15.9 Å². The predicted octanol–water partition coefficient (Wildman–Crippen LogP) is 2.83. The molecule has 0 unspecified atom stereocenters. The maximum absolute atomic E-state index is 13.9. The van der Waals surface area contributed by atoms with Gasteiger partial charge in [0.15, 0.2) is 0 Å². The minimum atomic E-state index is -3.90. The molecule has 2 aromatic rings. The second kappa shape index (κ2) is 9.37. The van der Waals surface area contributed by atoms with E-state index in [-0.39, 0.29) is 23.9 Å². The second-order valence-corrected chi connectivity index (χ2v) is 8.89. The number of aryl methyl sites for hydroxylation is 1. The van der Waals surface area contributed by atoms with Crippen molar-refractivity contribution in [2.75, 3.05) is 32.8 Å². The maximum atomic E-state index is 13.9. The molecule has 156 valence electrons. The van der Waals surface area contributed by atoms with Crippen molar-refractivity contribution in [3.05, 3.63) is 59.9 Å². The van der Waals surface area contributed by atoms with Crippen LogP contribution in [0.2, 0.25) is 0 Å². The average molecular weight is 421 g/mol. The first-order valence-electron chi connectivity index (χ1n) is 9.60. The van der Waals surface area contributed by atoms with Crippen molar-refractivity contribution in [2.45, 2.75) is 24.7 Å². The Morgan fingerprint density at radius 3 is 2.48 bits per heavy atom. The number of carbonyl (C=O) groups excluding carboxylic acids is 1. The molecule has 1 amide bonds. The van der Waals surface area contributed by atoms with Gasteiger partial charge in [0.2, 0.25) is 15.9 Å². The van der Waals surface area contributed by atoms with Gasteiger partial charge in [-0.25, -0.2) is 12.8 Å². The van der Waals surface area contributed by atoms with Gasteiger partial charge < -0.3 is 9.64 Å². The molecule has 1 heterocycles. The fourth-order valence-electron chi connectivity index (χ4n) is 3.25. The quantitative estimate of drug-likeness (QED) is 0.646. The number of sulfonamides is 1. The summed E-state index contributed by atoms with van der Waals surface area (Å²) in [6.07, 6.45) is 0.923. The zero-order chi connectivity index (χ0) is 20.9. The number of benzene rings is 2. The highest BCUT2D eigenvalue weighted by atomic mass is 32.2. The molecule has 8 heteroatoms. The summed E-state index contributed by atoms with van der Waals surface area (Å²) in [5.74, 6) is -0.00943. The summed E-state index contributed by atoms with van der Waals surface area (Å²) >= 11 is 0. The van der Waals surface area contributed by atoms with Crippen LogP contribution in [0.25, 0.3) is 0 Å². The van der Waals surface area contributed by atoms with Gasteiger partial charge >= 0.3 is 0 Å². The highest BCUT2D eigenvalue weighted by molar-refractivity contribution is 7.89. The number of nitrogens with zero attached hydrogens (tertiary/aromatic N) is 2. The SMILES string of the molecule is Cc1cccc(OCCCC(=O)N2CCN(S(=O)(=O)c3ccccc3F)CC2)c1. The Balaban J connectivity index is 1.45. The molecule has 1 saturated heterocycles. The minimum absolute atomic E-state index is 0.0271. The summed E-state index contributed by atoms with van der Waals surface area (Å²) in [7, 11) is -3.90. The van der Waals surface area contributed by atoms with Crippen LogP contribution in [0, 0.1) is 12.7 Å². The number of halogens is 1. The minimum Gasteiger partial charge on any atom is -0.494 e. The first-order chi connectivity index (χ1) is 13.9. The fourth-order valence-corrected chi connectivity index (χ4v) is 4.73. The topological polar surface area (TPSA) is 66.9 Å². The number of piperazine rings is 1. The van der Waals surface area contributed by atoms with Crippen molar-refractivity contribution in [3.63, 3.8) is 0 Å². The first-order valence-corrected chi connectivity index (χ1v) is 11.0. The Morgan fingerprint density at radius 1 is 1.07 bits per heavy atom. The lowest BCUT2D eigenvalue weighted by atomic mass is 10.2. The number of hydrogen-bond acceptors (Lipinski definition) is 4. The van der Waals surface area contributed by atoms with Gasteiger partial charge in [0.05, 0.1) is 6.61 Å². The highest BCUT2D eigenvalue weighted by Gasteiger charge is 2.31. The number of ether oxygens (including phenoxy) is 1. The molecule has 1 aliphatic heterocycles. The summed E-state index contributed by atoms with van der Waals surface area (Å²) in [4.78, 5) is 13.7. The molecular formula is C21H25FN2O4S. The largest absolute Gasteiger partial charge is 0.494 e. The summed E-state index contributed by atoms with van der Waals surface area (Å²) in [6, 6.07) is 13.1. The smallest absolute Gasteiger partial charge is 0.246 e. The van der Waals surface area contributed by atoms with E-state index in [1.165, 1.54) is 22.5 Å². The van der Waals surface area contributed by atoms with Crippen LogP contribution in [0.5, 0.6) is 5.75 Å². The third-order valence-corrected chi connectivity index (χ3v) is 6.77. The molecule has 0 bridgehead atoms. The lowest BCUT2D eigenvalue weighted by Gasteiger charge is -2.34. The molecule has 0 saturated carbocycles. The zero-order valence-corrected chi connectivity index (χ0v) is 17.2. The van der Waals surface area contributed by atoms with Crippen LogP contribution in [-0.2, 0) is 14.8 Å².